The van der Waals surface area contributed by atoms with Gasteiger partial charge in [-0.2, -0.15) is 0 Å². The Morgan fingerprint density at radius 2 is 1.77 bits per heavy atom. The lowest BCUT2D eigenvalue weighted by atomic mass is 10.1. The Morgan fingerprint density at radius 3 is 2.40 bits per heavy atom. The third-order valence-corrected chi connectivity index (χ3v) is 6.86. The van der Waals surface area contributed by atoms with Crippen molar-refractivity contribution in [3.05, 3.63) is 53.6 Å². The van der Waals surface area contributed by atoms with Gasteiger partial charge in [0.25, 0.3) is 0 Å². The van der Waals surface area contributed by atoms with Crippen molar-refractivity contribution < 1.29 is 4.74 Å². The summed E-state index contributed by atoms with van der Waals surface area (Å²) in [5, 5.41) is 3.66. The fourth-order valence-electron chi connectivity index (χ4n) is 3.98. The van der Waals surface area contributed by atoms with Crippen LogP contribution in [0.3, 0.4) is 0 Å². The molecule has 0 bridgehead atoms. The third kappa shape index (κ3) is 6.01. The normalized spacial score (nSPS) is 18.1. The van der Waals surface area contributed by atoms with Crippen molar-refractivity contribution in [3.8, 4) is 11.5 Å². The molecule has 0 radical (unpaired) electrons. The highest BCUT2D eigenvalue weighted by molar-refractivity contribution is 7.98. The minimum absolute atomic E-state index is 0.647. The Hall–Kier alpha value is -1.53. The summed E-state index contributed by atoms with van der Waals surface area (Å²) in [6.07, 6.45) is 4.69. The molecule has 0 atom stereocenters. The number of piperazine rings is 1. The Bertz CT molecular complexity index is 812. The Labute approximate surface area is 186 Å². The molecule has 30 heavy (non-hydrogen) atoms. The van der Waals surface area contributed by atoms with Crippen molar-refractivity contribution in [2.45, 2.75) is 56.8 Å². The van der Waals surface area contributed by atoms with Crippen LogP contribution in [0.2, 0.25) is 0 Å². The first kappa shape index (κ1) is 21.7. The van der Waals surface area contributed by atoms with Crippen LogP contribution >= 0.6 is 11.8 Å². The van der Waals surface area contributed by atoms with Crippen molar-refractivity contribution in [1.82, 2.24) is 15.1 Å². The molecule has 1 heterocycles. The van der Waals surface area contributed by atoms with E-state index in [1.54, 1.807) is 11.8 Å². The van der Waals surface area contributed by atoms with Gasteiger partial charge >= 0.3 is 0 Å². The summed E-state index contributed by atoms with van der Waals surface area (Å²) >= 11 is 1.75. The fraction of sp³-hybridized carbons (Fsp3) is 0.520. The first-order valence-electron chi connectivity index (χ1n) is 11.2. The molecule has 0 spiro atoms. The maximum atomic E-state index is 6.28. The summed E-state index contributed by atoms with van der Waals surface area (Å²) in [4.78, 5) is 6.40. The number of nitrogens with zero attached hydrogens (tertiary/aromatic N) is 2. The van der Waals surface area contributed by atoms with Gasteiger partial charge in [0.2, 0.25) is 0 Å². The number of hydrogen-bond acceptors (Lipinski definition) is 5. The molecular formula is C25H35N3OS. The standard InChI is InChI=1S/C25H35N3OS/c1-19(2)28-14-12-27(13-15-28)18-20-4-11-25(21(16-20)17-26-22-5-6-22)29-23-7-9-24(30-3)10-8-23/h4,7-11,16,19,22,26H,5-6,12-15,17-18H2,1-3H3. The topological polar surface area (TPSA) is 27.7 Å². The minimum atomic E-state index is 0.647. The highest BCUT2D eigenvalue weighted by Gasteiger charge is 2.22. The number of nitrogens with one attached hydrogen (secondary N) is 1. The van der Waals surface area contributed by atoms with E-state index < -0.39 is 0 Å². The molecule has 0 unspecified atom stereocenters. The van der Waals surface area contributed by atoms with Crippen molar-refractivity contribution >= 4 is 11.8 Å². The molecule has 1 aliphatic carbocycles. The molecule has 1 saturated heterocycles. The third-order valence-electron chi connectivity index (χ3n) is 6.11. The maximum Gasteiger partial charge on any atom is 0.131 e. The van der Waals surface area contributed by atoms with E-state index in [0.29, 0.717) is 12.1 Å². The van der Waals surface area contributed by atoms with Gasteiger partial charge in [0.1, 0.15) is 11.5 Å². The monoisotopic (exact) mass is 425 g/mol. The highest BCUT2D eigenvalue weighted by atomic mass is 32.2. The van der Waals surface area contributed by atoms with Gasteiger partial charge in [0.05, 0.1) is 0 Å². The summed E-state index contributed by atoms with van der Waals surface area (Å²) in [6, 6.07) is 16.4. The van der Waals surface area contributed by atoms with Gasteiger partial charge < -0.3 is 10.1 Å². The van der Waals surface area contributed by atoms with E-state index in [1.807, 2.05) is 0 Å². The SMILES string of the molecule is CSc1ccc(Oc2ccc(CN3CCN(C(C)C)CC3)cc2CNC2CC2)cc1. The molecule has 2 aromatic rings. The Balaban J connectivity index is 1.43. The van der Waals surface area contributed by atoms with Crippen LogP contribution in [0.5, 0.6) is 11.5 Å². The molecule has 0 aromatic heterocycles. The molecular weight excluding hydrogens is 390 g/mol. The highest BCUT2D eigenvalue weighted by Crippen LogP contribution is 2.29. The minimum Gasteiger partial charge on any atom is -0.457 e. The van der Waals surface area contributed by atoms with Crippen LogP contribution in [0.25, 0.3) is 0 Å². The predicted molar refractivity (Wildman–Crippen MR) is 127 cm³/mol. The lowest BCUT2D eigenvalue weighted by Crippen LogP contribution is -2.48. The zero-order valence-electron chi connectivity index (χ0n) is 18.6. The number of ether oxygens (including phenoxy) is 1. The zero-order chi connectivity index (χ0) is 20.9. The van der Waals surface area contributed by atoms with Gasteiger partial charge in [-0.05, 0) is 74.9 Å². The van der Waals surface area contributed by atoms with Gasteiger partial charge in [-0.15, -0.1) is 11.8 Å². The van der Waals surface area contributed by atoms with Gasteiger partial charge in [0.15, 0.2) is 0 Å². The summed E-state index contributed by atoms with van der Waals surface area (Å²) in [6.45, 7) is 11.1. The van der Waals surface area contributed by atoms with E-state index in [-0.39, 0.29) is 0 Å². The Morgan fingerprint density at radius 1 is 1.03 bits per heavy atom. The first-order valence-corrected chi connectivity index (χ1v) is 12.5. The van der Waals surface area contributed by atoms with E-state index in [0.717, 1.165) is 37.7 Å². The second-order valence-corrected chi connectivity index (χ2v) is 9.66. The quantitative estimate of drug-likeness (QED) is 0.572. The number of thioether (sulfide) groups is 1. The second-order valence-electron chi connectivity index (χ2n) is 8.78. The van der Waals surface area contributed by atoms with Crippen molar-refractivity contribution in [3.63, 3.8) is 0 Å². The Kier molecular flexibility index (Phi) is 7.37. The van der Waals surface area contributed by atoms with Gasteiger partial charge in [-0.3, -0.25) is 9.80 Å². The van der Waals surface area contributed by atoms with Crippen LogP contribution < -0.4 is 10.1 Å². The van der Waals surface area contributed by atoms with E-state index in [4.69, 9.17) is 4.74 Å². The summed E-state index contributed by atoms with van der Waals surface area (Å²) in [5.74, 6) is 1.87. The number of hydrogen-bond donors (Lipinski definition) is 1. The largest absolute Gasteiger partial charge is 0.457 e. The molecule has 2 aromatic carbocycles. The average Bonchev–Trinajstić information content (AvgIpc) is 3.59. The van der Waals surface area contributed by atoms with Crippen LogP contribution in [0.4, 0.5) is 0 Å². The maximum absolute atomic E-state index is 6.28. The molecule has 2 fully saturated rings. The van der Waals surface area contributed by atoms with Crippen molar-refractivity contribution in [2.24, 2.45) is 0 Å². The average molecular weight is 426 g/mol. The smallest absolute Gasteiger partial charge is 0.131 e. The van der Waals surface area contributed by atoms with E-state index in [2.05, 4.69) is 77.7 Å². The molecule has 4 nitrogen and oxygen atoms in total. The second kappa shape index (κ2) is 10.2. The molecule has 5 heteroatoms. The van der Waals surface area contributed by atoms with Crippen molar-refractivity contribution in [1.29, 1.82) is 0 Å². The lowest BCUT2D eigenvalue weighted by Gasteiger charge is -2.37. The molecule has 4 rings (SSSR count). The first-order chi connectivity index (χ1) is 14.6. The fourth-order valence-corrected chi connectivity index (χ4v) is 4.39. The molecule has 1 saturated carbocycles. The summed E-state index contributed by atoms with van der Waals surface area (Å²) in [5.41, 5.74) is 2.64. The van der Waals surface area contributed by atoms with Gasteiger partial charge in [0, 0.05) is 61.8 Å². The van der Waals surface area contributed by atoms with Crippen molar-refractivity contribution in [2.75, 3.05) is 32.4 Å². The lowest BCUT2D eigenvalue weighted by molar-refractivity contribution is 0.104. The predicted octanol–water partition coefficient (Wildman–Crippen LogP) is 4.98. The molecule has 162 valence electrons. The van der Waals surface area contributed by atoms with E-state index in [9.17, 15) is 0 Å². The summed E-state index contributed by atoms with van der Waals surface area (Å²) in [7, 11) is 0. The molecule has 1 aliphatic heterocycles. The van der Waals surface area contributed by atoms with Crippen LogP contribution in [0, 0.1) is 0 Å². The summed E-state index contributed by atoms with van der Waals surface area (Å²) < 4.78 is 6.28. The molecule has 0 amide bonds. The van der Waals surface area contributed by atoms with Crippen LogP contribution in [0.15, 0.2) is 47.4 Å². The van der Waals surface area contributed by atoms with E-state index in [1.165, 1.54) is 42.0 Å². The molecule has 2 aliphatic rings. The van der Waals surface area contributed by atoms with Gasteiger partial charge in [-0.1, -0.05) is 6.07 Å². The molecule has 1 N–H and O–H groups in total. The van der Waals surface area contributed by atoms with E-state index >= 15 is 0 Å². The number of benzene rings is 2. The number of rotatable bonds is 9. The van der Waals surface area contributed by atoms with Gasteiger partial charge in [-0.25, -0.2) is 0 Å². The van der Waals surface area contributed by atoms with Crippen LogP contribution in [0.1, 0.15) is 37.8 Å². The van der Waals surface area contributed by atoms with Crippen LogP contribution in [-0.4, -0.2) is 54.3 Å². The van der Waals surface area contributed by atoms with Crippen LogP contribution in [-0.2, 0) is 13.1 Å². The zero-order valence-corrected chi connectivity index (χ0v) is 19.4.